The maximum absolute atomic E-state index is 11.1. The lowest BCUT2D eigenvalue weighted by molar-refractivity contribution is -0.137. The predicted octanol–water partition coefficient (Wildman–Crippen LogP) is 3.60. The summed E-state index contributed by atoms with van der Waals surface area (Å²) >= 11 is 0. The van der Waals surface area contributed by atoms with Crippen LogP contribution in [0.2, 0.25) is 0 Å². The van der Waals surface area contributed by atoms with Gasteiger partial charge in [0.15, 0.2) is 0 Å². The average Bonchev–Trinajstić information content (AvgIpc) is 2.70. The Morgan fingerprint density at radius 1 is 1.10 bits per heavy atom. The topological polar surface area (TPSA) is 57.5 Å². The van der Waals surface area contributed by atoms with Crippen LogP contribution >= 0.6 is 0 Å². The molecular formula is C17H16O3. The second kappa shape index (κ2) is 4.37. The first-order chi connectivity index (χ1) is 9.50. The summed E-state index contributed by atoms with van der Waals surface area (Å²) < 4.78 is 0. The van der Waals surface area contributed by atoms with Gasteiger partial charge in [-0.1, -0.05) is 24.3 Å². The molecule has 0 spiro atoms. The van der Waals surface area contributed by atoms with E-state index in [0.717, 1.165) is 33.4 Å². The van der Waals surface area contributed by atoms with E-state index in [1.54, 1.807) is 12.1 Å². The van der Waals surface area contributed by atoms with Crippen LogP contribution in [-0.4, -0.2) is 16.2 Å². The first-order valence-electron chi connectivity index (χ1n) is 6.65. The van der Waals surface area contributed by atoms with Crippen LogP contribution in [0.4, 0.5) is 0 Å². The Morgan fingerprint density at radius 2 is 1.80 bits per heavy atom. The highest BCUT2D eigenvalue weighted by Gasteiger charge is 2.33. The van der Waals surface area contributed by atoms with E-state index in [0.29, 0.717) is 0 Å². The van der Waals surface area contributed by atoms with Crippen molar-refractivity contribution >= 4 is 5.97 Å². The van der Waals surface area contributed by atoms with E-state index in [1.807, 2.05) is 32.0 Å². The summed E-state index contributed by atoms with van der Waals surface area (Å²) in [5.41, 5.74) is 5.98. The summed E-state index contributed by atoms with van der Waals surface area (Å²) in [6.07, 6.45) is 0.0476. The molecule has 0 saturated heterocycles. The number of carboxylic acid groups (broad SMARTS) is 1. The minimum absolute atomic E-state index is 0.0476. The number of carbonyl (C=O) groups is 1. The largest absolute Gasteiger partial charge is 0.507 e. The van der Waals surface area contributed by atoms with Gasteiger partial charge in [0.1, 0.15) is 5.75 Å². The van der Waals surface area contributed by atoms with Crippen molar-refractivity contribution in [2.75, 3.05) is 0 Å². The van der Waals surface area contributed by atoms with Gasteiger partial charge < -0.3 is 10.2 Å². The Hall–Kier alpha value is -2.29. The van der Waals surface area contributed by atoms with Gasteiger partial charge in [-0.15, -0.1) is 0 Å². The van der Waals surface area contributed by atoms with Crippen molar-refractivity contribution in [2.24, 2.45) is 0 Å². The monoisotopic (exact) mass is 268 g/mol. The lowest BCUT2D eigenvalue weighted by atomic mass is 9.92. The fraction of sp³-hybridized carbons (Fsp3) is 0.235. The summed E-state index contributed by atoms with van der Waals surface area (Å²) in [4.78, 5) is 11.1. The number of hydrogen-bond acceptors (Lipinski definition) is 2. The van der Waals surface area contributed by atoms with Crippen LogP contribution in [0.15, 0.2) is 30.3 Å². The smallest absolute Gasteiger partial charge is 0.304 e. The van der Waals surface area contributed by atoms with Crippen LogP contribution < -0.4 is 0 Å². The quantitative estimate of drug-likeness (QED) is 0.875. The Labute approximate surface area is 117 Å². The molecule has 3 nitrogen and oxygen atoms in total. The van der Waals surface area contributed by atoms with Gasteiger partial charge in [-0.05, 0) is 47.7 Å². The van der Waals surface area contributed by atoms with E-state index >= 15 is 0 Å². The van der Waals surface area contributed by atoms with Crippen LogP contribution in [0.5, 0.6) is 5.75 Å². The van der Waals surface area contributed by atoms with E-state index in [9.17, 15) is 9.90 Å². The normalized spacial score (nSPS) is 15.8. The van der Waals surface area contributed by atoms with Crippen LogP contribution in [0.3, 0.4) is 0 Å². The van der Waals surface area contributed by atoms with Crippen molar-refractivity contribution in [3.8, 4) is 16.9 Å². The highest BCUT2D eigenvalue weighted by molar-refractivity contribution is 5.87. The Morgan fingerprint density at radius 3 is 2.50 bits per heavy atom. The molecule has 0 saturated carbocycles. The molecule has 1 unspecified atom stereocenters. The molecule has 1 aliphatic rings. The van der Waals surface area contributed by atoms with Crippen molar-refractivity contribution in [1.29, 1.82) is 0 Å². The molecule has 2 aromatic carbocycles. The third kappa shape index (κ3) is 1.70. The highest BCUT2D eigenvalue weighted by atomic mass is 16.4. The predicted molar refractivity (Wildman–Crippen MR) is 77.1 cm³/mol. The molecule has 0 aromatic heterocycles. The zero-order chi connectivity index (χ0) is 14.4. The number of hydrogen-bond donors (Lipinski definition) is 2. The van der Waals surface area contributed by atoms with E-state index < -0.39 is 5.97 Å². The number of rotatable bonds is 2. The van der Waals surface area contributed by atoms with E-state index in [-0.39, 0.29) is 18.1 Å². The number of aryl methyl sites for hydroxylation is 1. The van der Waals surface area contributed by atoms with Gasteiger partial charge >= 0.3 is 5.97 Å². The fourth-order valence-corrected chi connectivity index (χ4v) is 3.14. The molecular weight excluding hydrogens is 252 g/mol. The number of benzene rings is 2. The zero-order valence-corrected chi connectivity index (χ0v) is 11.5. The van der Waals surface area contributed by atoms with Gasteiger partial charge in [-0.25, -0.2) is 0 Å². The molecule has 0 heterocycles. The molecule has 102 valence electrons. The van der Waals surface area contributed by atoms with Crippen molar-refractivity contribution in [3.63, 3.8) is 0 Å². The molecule has 0 radical (unpaired) electrons. The van der Waals surface area contributed by atoms with Crippen molar-refractivity contribution < 1.29 is 15.0 Å². The molecule has 2 N–H and O–H groups in total. The number of phenols is 1. The molecule has 1 aliphatic carbocycles. The average molecular weight is 268 g/mol. The molecule has 0 fully saturated rings. The lowest BCUT2D eigenvalue weighted by Gasteiger charge is -2.12. The summed E-state index contributed by atoms with van der Waals surface area (Å²) in [7, 11) is 0. The number of aromatic hydroxyl groups is 1. The Bertz CT molecular complexity index is 716. The molecule has 3 heteroatoms. The number of phenolic OH excluding ortho intramolecular Hbond substituents is 1. The maximum Gasteiger partial charge on any atom is 0.304 e. The van der Waals surface area contributed by atoms with Gasteiger partial charge in [0, 0.05) is 11.5 Å². The number of aliphatic carboxylic acids is 1. The second-order valence-electron chi connectivity index (χ2n) is 5.36. The van der Waals surface area contributed by atoms with Crippen molar-refractivity contribution in [2.45, 2.75) is 26.2 Å². The third-order valence-electron chi connectivity index (χ3n) is 4.22. The number of carboxylic acids is 1. The lowest BCUT2D eigenvalue weighted by Crippen LogP contribution is -2.05. The van der Waals surface area contributed by atoms with Gasteiger partial charge in [0.05, 0.1) is 6.42 Å². The molecule has 0 amide bonds. The second-order valence-corrected chi connectivity index (χ2v) is 5.36. The van der Waals surface area contributed by atoms with Crippen molar-refractivity contribution in [3.05, 3.63) is 52.6 Å². The molecule has 2 aromatic rings. The Balaban J connectivity index is 2.33. The SMILES string of the molecule is Cc1ccc2c(c1C)-c1c(O)cccc1C2CC(=O)O. The van der Waals surface area contributed by atoms with Gasteiger partial charge in [-0.3, -0.25) is 4.79 Å². The molecule has 1 atom stereocenters. The molecule has 3 rings (SSSR count). The van der Waals surface area contributed by atoms with Crippen LogP contribution in [0.1, 0.15) is 34.6 Å². The van der Waals surface area contributed by atoms with Crippen LogP contribution in [0.25, 0.3) is 11.1 Å². The minimum atomic E-state index is -0.824. The number of fused-ring (bicyclic) bond motifs is 3. The molecule has 0 aliphatic heterocycles. The van der Waals surface area contributed by atoms with E-state index in [1.165, 1.54) is 0 Å². The standard InChI is InChI=1S/C17H16O3/c1-9-6-7-12-13(8-15(19)20)11-4-3-5-14(18)17(11)16(12)10(9)2/h3-7,13,18H,8H2,1-2H3,(H,19,20). The molecule has 20 heavy (non-hydrogen) atoms. The van der Waals surface area contributed by atoms with Gasteiger partial charge in [-0.2, -0.15) is 0 Å². The van der Waals surface area contributed by atoms with Gasteiger partial charge in [0.25, 0.3) is 0 Å². The Kier molecular flexibility index (Phi) is 2.78. The molecule has 0 bridgehead atoms. The van der Waals surface area contributed by atoms with E-state index in [2.05, 4.69) is 0 Å². The summed E-state index contributed by atoms with van der Waals surface area (Å²) in [5, 5.41) is 19.4. The summed E-state index contributed by atoms with van der Waals surface area (Å²) in [6.45, 7) is 4.05. The maximum atomic E-state index is 11.1. The summed E-state index contributed by atoms with van der Waals surface area (Å²) in [5.74, 6) is -0.774. The first-order valence-corrected chi connectivity index (χ1v) is 6.65. The first kappa shape index (κ1) is 12.7. The van der Waals surface area contributed by atoms with E-state index in [4.69, 9.17) is 5.11 Å². The van der Waals surface area contributed by atoms with Gasteiger partial charge in [0.2, 0.25) is 0 Å². The summed E-state index contributed by atoms with van der Waals surface area (Å²) in [6, 6.07) is 9.36. The highest BCUT2D eigenvalue weighted by Crippen LogP contribution is 2.51. The minimum Gasteiger partial charge on any atom is -0.507 e. The van der Waals surface area contributed by atoms with Crippen LogP contribution in [-0.2, 0) is 4.79 Å². The third-order valence-corrected chi connectivity index (χ3v) is 4.22. The zero-order valence-electron chi connectivity index (χ0n) is 11.5. The fourth-order valence-electron chi connectivity index (χ4n) is 3.14. The van der Waals surface area contributed by atoms with Crippen molar-refractivity contribution in [1.82, 2.24) is 0 Å². The van der Waals surface area contributed by atoms with Crippen LogP contribution in [0, 0.1) is 13.8 Å².